The molecule has 1 aromatic heterocycles. The first-order chi connectivity index (χ1) is 22.2. The van der Waals surface area contributed by atoms with Gasteiger partial charge in [0, 0.05) is 17.8 Å². The number of pyridine rings is 1. The summed E-state index contributed by atoms with van der Waals surface area (Å²) in [5.41, 5.74) is 1.50. The van der Waals surface area contributed by atoms with Crippen LogP contribution in [0.2, 0.25) is 0 Å². The van der Waals surface area contributed by atoms with E-state index in [4.69, 9.17) is 4.74 Å². The number of hydrogen-bond donors (Lipinski definition) is 1. The van der Waals surface area contributed by atoms with Gasteiger partial charge in [-0.15, -0.1) is 0 Å². The molecular formula is C34H26F6N2O4S. The minimum absolute atomic E-state index is 0.105. The largest absolute Gasteiger partial charge is 0.496 e. The summed E-state index contributed by atoms with van der Waals surface area (Å²) in [7, 11) is 1.43. The van der Waals surface area contributed by atoms with Crippen LogP contribution in [0, 0.1) is 6.92 Å². The Hall–Kier alpha value is -4.52. The van der Waals surface area contributed by atoms with Crippen LogP contribution in [-0.4, -0.2) is 39.4 Å². The fourth-order valence-electron chi connectivity index (χ4n) is 6.49. The number of amides is 1. The Morgan fingerprint density at radius 3 is 2.32 bits per heavy atom. The first-order valence-electron chi connectivity index (χ1n) is 14.4. The Labute approximate surface area is 269 Å². The lowest BCUT2D eigenvalue weighted by molar-refractivity contribution is -0.141. The van der Waals surface area contributed by atoms with Crippen LogP contribution < -0.4 is 4.74 Å². The van der Waals surface area contributed by atoms with Gasteiger partial charge in [-0.2, -0.15) is 26.3 Å². The van der Waals surface area contributed by atoms with E-state index in [1.807, 2.05) is 0 Å². The van der Waals surface area contributed by atoms with Crippen molar-refractivity contribution in [3.63, 3.8) is 0 Å². The Bertz CT molecular complexity index is 1890. The highest BCUT2D eigenvalue weighted by atomic mass is 32.2. The number of rotatable bonds is 6. The number of methoxy groups -OCH3 is 1. The number of alkyl halides is 6. The predicted octanol–water partition coefficient (Wildman–Crippen LogP) is 9.58. The number of carboxylic acid groups (broad SMARTS) is 1. The van der Waals surface area contributed by atoms with Gasteiger partial charge in [-0.3, -0.25) is 9.78 Å². The van der Waals surface area contributed by atoms with Gasteiger partial charge < -0.3 is 14.7 Å². The molecule has 4 aromatic rings. The monoisotopic (exact) mass is 672 g/mol. The molecule has 244 valence electrons. The van der Waals surface area contributed by atoms with Crippen molar-refractivity contribution in [2.24, 2.45) is 0 Å². The molecule has 1 N–H and O–H groups in total. The number of hydrogen-bond acceptors (Lipinski definition) is 5. The molecule has 0 spiro atoms. The minimum atomic E-state index is -4.68. The van der Waals surface area contributed by atoms with Crippen LogP contribution in [-0.2, 0) is 12.4 Å². The number of thioether (sulfide) groups is 1. The summed E-state index contributed by atoms with van der Waals surface area (Å²) in [5.74, 6) is -0.721. The molecule has 2 unspecified atom stereocenters. The molecule has 2 fully saturated rings. The maximum absolute atomic E-state index is 14.1. The fraction of sp³-hybridized carbons (Fsp3) is 0.265. The third-order valence-electron chi connectivity index (χ3n) is 8.63. The summed E-state index contributed by atoms with van der Waals surface area (Å²) in [6, 6.07) is 14.2. The number of aryl methyl sites for hydroxylation is 1. The number of benzene rings is 3. The SMILES string of the molecule is COc1ccc(-c2ccc(C(=O)O)cc2C)cc1-c1ccc(C(F)(F)F)cc1[C@@H]1CCC2C(c3ccnc(C(F)(F)F)c3)SC(=O)N21. The fourth-order valence-corrected chi connectivity index (χ4v) is 7.80. The van der Waals surface area contributed by atoms with Crippen molar-refractivity contribution in [3.8, 4) is 28.0 Å². The summed E-state index contributed by atoms with van der Waals surface area (Å²) in [6.07, 6.45) is -7.67. The summed E-state index contributed by atoms with van der Waals surface area (Å²) in [6.45, 7) is 1.75. The smallest absolute Gasteiger partial charge is 0.433 e. The van der Waals surface area contributed by atoms with Crippen LogP contribution in [0.5, 0.6) is 5.75 Å². The van der Waals surface area contributed by atoms with Gasteiger partial charge in [0.05, 0.1) is 29.5 Å². The minimum Gasteiger partial charge on any atom is -0.496 e. The number of carboxylic acids is 1. The van der Waals surface area contributed by atoms with E-state index in [9.17, 15) is 41.0 Å². The zero-order chi connectivity index (χ0) is 33.8. The molecule has 1 amide bonds. The van der Waals surface area contributed by atoms with Crippen LogP contribution in [0.15, 0.2) is 72.9 Å². The van der Waals surface area contributed by atoms with Crippen molar-refractivity contribution < 1.29 is 45.8 Å². The third kappa shape index (κ3) is 6.04. The molecule has 3 atom stereocenters. The number of nitrogens with zero attached hydrogens (tertiary/aromatic N) is 2. The molecule has 2 aliphatic rings. The summed E-state index contributed by atoms with van der Waals surface area (Å²) >= 11 is 0.855. The molecule has 47 heavy (non-hydrogen) atoms. The number of carbonyl (C=O) groups excluding carboxylic acids is 1. The Morgan fingerprint density at radius 2 is 1.66 bits per heavy atom. The molecule has 3 heterocycles. The Morgan fingerprint density at radius 1 is 0.915 bits per heavy atom. The molecule has 2 aliphatic heterocycles. The quantitative estimate of drug-likeness (QED) is 0.206. The molecule has 6 rings (SSSR count). The van der Waals surface area contributed by atoms with Gasteiger partial charge in [0.2, 0.25) is 0 Å². The predicted molar refractivity (Wildman–Crippen MR) is 163 cm³/mol. The molecular weight excluding hydrogens is 646 g/mol. The van der Waals surface area contributed by atoms with Gasteiger partial charge in [0.25, 0.3) is 5.24 Å². The van der Waals surface area contributed by atoms with Crippen molar-refractivity contribution in [2.45, 2.75) is 49.5 Å². The molecule has 0 bridgehead atoms. The van der Waals surface area contributed by atoms with Crippen molar-refractivity contribution in [1.29, 1.82) is 0 Å². The average molecular weight is 673 g/mol. The van der Waals surface area contributed by atoms with Gasteiger partial charge >= 0.3 is 18.3 Å². The van der Waals surface area contributed by atoms with E-state index >= 15 is 0 Å². The molecule has 0 aliphatic carbocycles. The second-order valence-electron chi connectivity index (χ2n) is 11.4. The normalized spacial score (nSPS) is 19.6. The van der Waals surface area contributed by atoms with Gasteiger partial charge in [0.1, 0.15) is 11.4 Å². The van der Waals surface area contributed by atoms with Crippen molar-refractivity contribution >= 4 is 23.0 Å². The molecule has 3 aromatic carbocycles. The van der Waals surface area contributed by atoms with E-state index in [-0.39, 0.29) is 23.1 Å². The average Bonchev–Trinajstić information content (AvgIpc) is 3.60. The van der Waals surface area contributed by atoms with E-state index < -0.39 is 52.2 Å². The molecule has 13 heteroatoms. The van der Waals surface area contributed by atoms with Gasteiger partial charge in [-0.25, -0.2) is 4.79 Å². The van der Waals surface area contributed by atoms with E-state index in [1.54, 1.807) is 31.2 Å². The highest BCUT2D eigenvalue weighted by Gasteiger charge is 2.50. The number of fused-ring (bicyclic) bond motifs is 1. The lowest BCUT2D eigenvalue weighted by Gasteiger charge is -2.28. The second-order valence-corrected chi connectivity index (χ2v) is 12.5. The number of aromatic carboxylic acids is 1. The zero-order valence-corrected chi connectivity index (χ0v) is 25.6. The van der Waals surface area contributed by atoms with Crippen LogP contribution in [0.25, 0.3) is 22.3 Å². The maximum atomic E-state index is 14.1. The van der Waals surface area contributed by atoms with Crippen molar-refractivity contribution in [3.05, 3.63) is 106 Å². The second kappa shape index (κ2) is 11.9. The summed E-state index contributed by atoms with van der Waals surface area (Å²) < 4.78 is 88.1. The molecule has 0 radical (unpaired) electrons. The van der Waals surface area contributed by atoms with Crippen LogP contribution in [0.3, 0.4) is 0 Å². The Kier molecular flexibility index (Phi) is 8.23. The van der Waals surface area contributed by atoms with E-state index in [0.717, 1.165) is 36.2 Å². The number of carbonyl (C=O) groups is 2. The first kappa shape index (κ1) is 32.4. The number of aromatic nitrogens is 1. The summed E-state index contributed by atoms with van der Waals surface area (Å²) in [5, 5.41) is 8.28. The van der Waals surface area contributed by atoms with Crippen LogP contribution in [0.4, 0.5) is 31.1 Å². The topological polar surface area (TPSA) is 79.7 Å². The van der Waals surface area contributed by atoms with Crippen LogP contribution >= 0.6 is 11.8 Å². The lowest BCUT2D eigenvalue weighted by Crippen LogP contribution is -2.31. The highest BCUT2D eigenvalue weighted by Crippen LogP contribution is 2.55. The number of ether oxygens (including phenoxy) is 1. The summed E-state index contributed by atoms with van der Waals surface area (Å²) in [4.78, 5) is 29.8. The lowest BCUT2D eigenvalue weighted by atomic mass is 9.89. The zero-order valence-electron chi connectivity index (χ0n) is 24.8. The first-order valence-corrected chi connectivity index (χ1v) is 15.3. The third-order valence-corrected chi connectivity index (χ3v) is 9.88. The molecule has 0 saturated carbocycles. The maximum Gasteiger partial charge on any atom is 0.433 e. The van der Waals surface area contributed by atoms with E-state index in [1.165, 1.54) is 36.3 Å². The van der Waals surface area contributed by atoms with Gasteiger partial charge in [-0.05, 0) is 102 Å². The van der Waals surface area contributed by atoms with Crippen molar-refractivity contribution in [1.82, 2.24) is 9.88 Å². The molecule has 2 saturated heterocycles. The van der Waals surface area contributed by atoms with Crippen LogP contribution in [0.1, 0.15) is 62.4 Å². The Balaban J connectivity index is 1.45. The standard InChI is InChI=1S/C34H26F6N2O4S/c1-17-13-20(31(43)44)3-6-22(17)18-4-10-28(46-2)25(14-18)23-7-5-21(33(35,36)37)16-24(23)26-8-9-27-30(47-32(45)42(26)27)19-11-12-41-29(15-19)34(38,39)40/h3-7,10-16,26-27,30H,8-9H2,1-2H3,(H,43,44)/t26-,27?,30?/m0/s1. The van der Waals surface area contributed by atoms with Gasteiger partial charge in [-0.1, -0.05) is 30.0 Å². The number of halogens is 6. The van der Waals surface area contributed by atoms with E-state index in [2.05, 4.69) is 4.98 Å². The van der Waals surface area contributed by atoms with Gasteiger partial charge in [0.15, 0.2) is 0 Å². The van der Waals surface area contributed by atoms with E-state index in [0.29, 0.717) is 40.0 Å². The molecule has 6 nitrogen and oxygen atoms in total. The van der Waals surface area contributed by atoms with Crippen molar-refractivity contribution in [2.75, 3.05) is 7.11 Å². The highest BCUT2D eigenvalue weighted by molar-refractivity contribution is 8.14.